The standard InChI is InChI=1S/C49H29N3O/c1-3-12-31(13-4-1)37-25-27-41-39-17-9-10-18-40(39)42-28-26-38(46-44(42)43(41)45(37)53-46)32-20-22-34(23-21-32)48-50-47(33-14-5-2-6-15-33)51-49(52-48)36-24-19-30-11-7-8-16-35(30)29-36/h1-29H. The van der Waals surface area contributed by atoms with Crippen LogP contribution in [0.15, 0.2) is 180 Å². The molecule has 11 rings (SSSR count). The largest absolute Gasteiger partial charge is 0.455 e. The Hall–Kier alpha value is -7.17. The van der Waals surface area contributed by atoms with E-state index in [-0.39, 0.29) is 0 Å². The highest BCUT2D eigenvalue weighted by Crippen LogP contribution is 2.48. The Morgan fingerprint density at radius 1 is 0.302 bits per heavy atom. The van der Waals surface area contributed by atoms with E-state index >= 15 is 0 Å². The summed E-state index contributed by atoms with van der Waals surface area (Å²) in [6.07, 6.45) is 0. The molecule has 0 aliphatic heterocycles. The molecule has 0 spiro atoms. The molecule has 2 aromatic heterocycles. The van der Waals surface area contributed by atoms with E-state index in [1.807, 2.05) is 30.3 Å². The molecule has 0 aliphatic carbocycles. The topological polar surface area (TPSA) is 51.8 Å². The normalized spacial score (nSPS) is 11.8. The molecule has 246 valence electrons. The summed E-state index contributed by atoms with van der Waals surface area (Å²) in [6.45, 7) is 0. The molecule has 9 aromatic carbocycles. The van der Waals surface area contributed by atoms with E-state index < -0.39 is 0 Å². The number of rotatable bonds is 5. The summed E-state index contributed by atoms with van der Waals surface area (Å²) in [5, 5.41) is 9.54. The number of hydrogen-bond acceptors (Lipinski definition) is 4. The van der Waals surface area contributed by atoms with Crippen molar-refractivity contribution in [2.24, 2.45) is 0 Å². The minimum Gasteiger partial charge on any atom is -0.455 e. The molecule has 4 heteroatoms. The molecule has 0 bridgehead atoms. The van der Waals surface area contributed by atoms with Gasteiger partial charge < -0.3 is 4.42 Å². The maximum Gasteiger partial charge on any atom is 0.164 e. The zero-order valence-electron chi connectivity index (χ0n) is 28.5. The van der Waals surface area contributed by atoms with Gasteiger partial charge in [-0.3, -0.25) is 0 Å². The zero-order valence-corrected chi connectivity index (χ0v) is 28.5. The maximum atomic E-state index is 7.00. The molecule has 0 unspecified atom stereocenters. The van der Waals surface area contributed by atoms with Crippen LogP contribution >= 0.6 is 0 Å². The van der Waals surface area contributed by atoms with E-state index in [1.54, 1.807) is 0 Å². The molecule has 0 fully saturated rings. The van der Waals surface area contributed by atoms with Crippen molar-refractivity contribution in [2.45, 2.75) is 0 Å². The molecule has 0 radical (unpaired) electrons. The third kappa shape index (κ3) is 4.73. The lowest BCUT2D eigenvalue weighted by Gasteiger charge is -2.11. The van der Waals surface area contributed by atoms with Gasteiger partial charge in [0, 0.05) is 38.6 Å². The summed E-state index contributed by atoms with van der Waals surface area (Å²) in [4.78, 5) is 15.0. The minimum absolute atomic E-state index is 0.626. The molecule has 0 saturated heterocycles. The second kappa shape index (κ2) is 11.7. The highest BCUT2D eigenvalue weighted by molar-refractivity contribution is 6.35. The van der Waals surface area contributed by atoms with Crippen LogP contribution in [0.2, 0.25) is 0 Å². The van der Waals surface area contributed by atoms with E-state index in [9.17, 15) is 0 Å². The molecule has 11 aromatic rings. The molecule has 0 aliphatic rings. The first-order valence-corrected chi connectivity index (χ1v) is 17.9. The van der Waals surface area contributed by atoms with Gasteiger partial charge in [0.15, 0.2) is 17.5 Å². The fourth-order valence-corrected chi connectivity index (χ4v) is 7.93. The van der Waals surface area contributed by atoms with Crippen LogP contribution in [0.25, 0.3) is 111 Å². The number of fused-ring (bicyclic) bond motifs is 4. The third-order valence-corrected chi connectivity index (χ3v) is 10.5. The predicted octanol–water partition coefficient (Wildman–Crippen LogP) is 13.0. The average Bonchev–Trinajstić information content (AvgIpc) is 3.65. The lowest BCUT2D eigenvalue weighted by atomic mass is 9.90. The van der Waals surface area contributed by atoms with Crippen LogP contribution in [0, 0.1) is 0 Å². The van der Waals surface area contributed by atoms with Gasteiger partial charge in [0.1, 0.15) is 11.2 Å². The third-order valence-electron chi connectivity index (χ3n) is 10.5. The van der Waals surface area contributed by atoms with Crippen LogP contribution < -0.4 is 0 Å². The summed E-state index contributed by atoms with van der Waals surface area (Å²) in [7, 11) is 0. The van der Waals surface area contributed by atoms with Crippen LogP contribution in [0.1, 0.15) is 0 Å². The maximum absolute atomic E-state index is 7.00. The van der Waals surface area contributed by atoms with Crippen molar-refractivity contribution in [2.75, 3.05) is 0 Å². The van der Waals surface area contributed by atoms with Crippen LogP contribution in [-0.4, -0.2) is 15.0 Å². The van der Waals surface area contributed by atoms with Crippen LogP contribution in [0.3, 0.4) is 0 Å². The van der Waals surface area contributed by atoms with Gasteiger partial charge in [-0.05, 0) is 61.6 Å². The lowest BCUT2D eigenvalue weighted by Crippen LogP contribution is -2.00. The van der Waals surface area contributed by atoms with Crippen molar-refractivity contribution in [3.05, 3.63) is 176 Å². The Bertz CT molecular complexity index is 3150. The highest BCUT2D eigenvalue weighted by Gasteiger charge is 2.23. The predicted molar refractivity (Wildman–Crippen MR) is 218 cm³/mol. The zero-order chi connectivity index (χ0) is 34.9. The first kappa shape index (κ1) is 29.5. The van der Waals surface area contributed by atoms with Crippen LogP contribution in [0.5, 0.6) is 0 Å². The minimum atomic E-state index is 0.626. The fourth-order valence-electron chi connectivity index (χ4n) is 7.93. The summed E-state index contributed by atoms with van der Waals surface area (Å²) < 4.78 is 7.00. The quantitative estimate of drug-likeness (QED) is 0.170. The Morgan fingerprint density at radius 2 is 0.736 bits per heavy atom. The molecule has 0 N–H and O–H groups in total. The Balaban J connectivity index is 1.08. The van der Waals surface area contributed by atoms with E-state index in [2.05, 4.69) is 146 Å². The van der Waals surface area contributed by atoms with Crippen molar-refractivity contribution < 1.29 is 4.42 Å². The van der Waals surface area contributed by atoms with Gasteiger partial charge in [0.05, 0.1) is 0 Å². The number of furan rings is 1. The molecule has 2 heterocycles. The number of hydrogen-bond donors (Lipinski definition) is 0. The van der Waals surface area contributed by atoms with E-state index in [1.165, 1.54) is 32.3 Å². The molecule has 53 heavy (non-hydrogen) atoms. The first-order valence-electron chi connectivity index (χ1n) is 17.9. The average molecular weight is 676 g/mol. The van der Waals surface area contributed by atoms with E-state index in [0.29, 0.717) is 17.5 Å². The van der Waals surface area contributed by atoms with Crippen molar-refractivity contribution >= 4 is 54.3 Å². The van der Waals surface area contributed by atoms with Gasteiger partial charge in [0.25, 0.3) is 0 Å². The summed E-state index contributed by atoms with van der Waals surface area (Å²) in [6, 6.07) is 61.4. The van der Waals surface area contributed by atoms with Gasteiger partial charge in [-0.1, -0.05) is 158 Å². The monoisotopic (exact) mass is 675 g/mol. The van der Waals surface area contributed by atoms with Gasteiger partial charge in [-0.15, -0.1) is 0 Å². The first-order chi connectivity index (χ1) is 26.3. The summed E-state index contributed by atoms with van der Waals surface area (Å²) in [5.41, 5.74) is 8.97. The molecule has 0 saturated carbocycles. The molecule has 0 amide bonds. The van der Waals surface area contributed by atoms with Crippen molar-refractivity contribution in [1.29, 1.82) is 0 Å². The van der Waals surface area contributed by atoms with Gasteiger partial charge in [0.2, 0.25) is 0 Å². The van der Waals surface area contributed by atoms with Crippen molar-refractivity contribution in [3.8, 4) is 56.4 Å². The molecule has 0 atom stereocenters. The van der Waals surface area contributed by atoms with Gasteiger partial charge in [-0.25, -0.2) is 15.0 Å². The Labute approximate surface area is 305 Å². The van der Waals surface area contributed by atoms with Crippen molar-refractivity contribution in [3.63, 3.8) is 0 Å². The summed E-state index contributed by atoms with van der Waals surface area (Å²) >= 11 is 0. The number of nitrogens with zero attached hydrogens (tertiary/aromatic N) is 3. The van der Waals surface area contributed by atoms with Crippen LogP contribution in [0.4, 0.5) is 0 Å². The highest BCUT2D eigenvalue weighted by atomic mass is 16.3. The van der Waals surface area contributed by atoms with E-state index in [0.717, 1.165) is 60.9 Å². The SMILES string of the molecule is c1ccc(-c2nc(-c3ccc(-c4ccc5c6ccccc6c6ccc(-c7ccccc7)c7oc4c5c76)cc3)nc(-c3ccc4ccccc4c3)n2)cc1. The second-order valence-electron chi connectivity index (χ2n) is 13.6. The fraction of sp³-hybridized carbons (Fsp3) is 0. The van der Waals surface area contributed by atoms with Crippen molar-refractivity contribution in [1.82, 2.24) is 15.0 Å². The smallest absolute Gasteiger partial charge is 0.164 e. The van der Waals surface area contributed by atoms with Gasteiger partial charge >= 0.3 is 0 Å². The lowest BCUT2D eigenvalue weighted by molar-refractivity contribution is 0.671. The summed E-state index contributed by atoms with van der Waals surface area (Å²) in [5.74, 6) is 1.91. The number of aromatic nitrogens is 3. The Morgan fingerprint density at radius 3 is 1.34 bits per heavy atom. The van der Waals surface area contributed by atoms with E-state index in [4.69, 9.17) is 19.4 Å². The van der Waals surface area contributed by atoms with Crippen LogP contribution in [-0.2, 0) is 0 Å². The molecular weight excluding hydrogens is 647 g/mol. The second-order valence-corrected chi connectivity index (χ2v) is 13.6. The molecule has 4 nitrogen and oxygen atoms in total. The Kier molecular flexibility index (Phi) is 6.52. The van der Waals surface area contributed by atoms with Gasteiger partial charge in [-0.2, -0.15) is 0 Å². The molecular formula is C49H29N3O. The number of benzene rings is 9.